The maximum Gasteiger partial charge on any atom is 0.162 e. The number of piperidine rings is 1. The number of nitrogens with zero attached hydrogens (tertiary/aromatic N) is 6. The number of nitrogens with one attached hydrogen (secondary N) is 2. The minimum atomic E-state index is -0.0182. The molecule has 0 unspecified atom stereocenters. The highest BCUT2D eigenvalue weighted by Crippen LogP contribution is 2.33. The van der Waals surface area contributed by atoms with Gasteiger partial charge in [-0.1, -0.05) is 12.1 Å². The predicted molar refractivity (Wildman–Crippen MR) is 118 cm³/mol. The van der Waals surface area contributed by atoms with E-state index in [9.17, 15) is 0 Å². The molecule has 4 heterocycles. The summed E-state index contributed by atoms with van der Waals surface area (Å²) >= 11 is 0. The number of aromatic amines is 1. The molecule has 1 saturated heterocycles. The first-order valence-electron chi connectivity index (χ1n) is 10.7. The number of fused-ring (bicyclic) bond motifs is 2. The molecule has 4 aromatic rings. The molecule has 156 valence electrons. The van der Waals surface area contributed by atoms with Crippen LogP contribution in [0.4, 0.5) is 5.82 Å². The summed E-state index contributed by atoms with van der Waals surface area (Å²) in [4.78, 5) is 23.7. The Morgan fingerprint density at radius 2 is 1.87 bits per heavy atom. The molecule has 0 saturated carbocycles. The molecule has 1 atom stereocenters. The molecule has 1 aliphatic heterocycles. The van der Waals surface area contributed by atoms with E-state index < -0.39 is 0 Å². The second-order valence-corrected chi connectivity index (χ2v) is 8.38. The van der Waals surface area contributed by atoms with E-state index in [1.54, 1.807) is 12.7 Å². The minimum absolute atomic E-state index is 0.0182. The van der Waals surface area contributed by atoms with Crippen molar-refractivity contribution in [2.75, 3.05) is 18.4 Å². The number of hydrogen-bond acceptors (Lipinski definition) is 6. The summed E-state index contributed by atoms with van der Waals surface area (Å²) in [6.45, 7) is 8.94. The third-order valence-electron chi connectivity index (χ3n) is 6.18. The lowest BCUT2D eigenvalue weighted by molar-refractivity contribution is 0.152. The first-order valence-corrected chi connectivity index (χ1v) is 10.7. The van der Waals surface area contributed by atoms with Crippen molar-refractivity contribution in [2.24, 2.45) is 0 Å². The van der Waals surface area contributed by atoms with Crippen molar-refractivity contribution in [3.05, 3.63) is 42.7 Å². The van der Waals surface area contributed by atoms with E-state index >= 15 is 0 Å². The molecule has 2 N–H and O–H groups in total. The van der Waals surface area contributed by atoms with Crippen molar-refractivity contribution < 1.29 is 0 Å². The van der Waals surface area contributed by atoms with Gasteiger partial charge in [-0.2, -0.15) is 0 Å². The minimum Gasteiger partial charge on any atom is -0.358 e. The third kappa shape index (κ3) is 3.31. The van der Waals surface area contributed by atoms with Gasteiger partial charge >= 0.3 is 0 Å². The van der Waals surface area contributed by atoms with Crippen LogP contribution in [0.5, 0.6) is 0 Å². The Hall–Kier alpha value is -3.00. The van der Waals surface area contributed by atoms with Crippen LogP contribution >= 0.6 is 0 Å². The van der Waals surface area contributed by atoms with Crippen molar-refractivity contribution >= 4 is 28.0 Å². The Morgan fingerprint density at radius 3 is 2.67 bits per heavy atom. The smallest absolute Gasteiger partial charge is 0.162 e. The zero-order valence-electron chi connectivity index (χ0n) is 17.7. The first-order chi connectivity index (χ1) is 14.6. The van der Waals surface area contributed by atoms with Crippen molar-refractivity contribution in [1.29, 1.82) is 0 Å². The molecule has 3 aromatic heterocycles. The number of imidazole rings is 2. The van der Waals surface area contributed by atoms with E-state index in [0.717, 1.165) is 54.3 Å². The van der Waals surface area contributed by atoms with Crippen LogP contribution in [0.25, 0.3) is 22.2 Å². The fourth-order valence-corrected chi connectivity index (χ4v) is 4.55. The maximum atomic E-state index is 5.02. The molecular weight excluding hydrogens is 376 g/mol. The predicted octanol–water partition coefficient (Wildman–Crippen LogP) is 3.92. The average molecular weight is 405 g/mol. The zero-order valence-corrected chi connectivity index (χ0v) is 17.7. The molecule has 1 aromatic carbocycles. The average Bonchev–Trinajstić information content (AvgIpc) is 3.39. The zero-order chi connectivity index (χ0) is 20.7. The van der Waals surface area contributed by atoms with Gasteiger partial charge in [0.1, 0.15) is 17.7 Å². The topological polar surface area (TPSA) is 87.5 Å². The highest BCUT2D eigenvalue weighted by molar-refractivity contribution is 5.82. The van der Waals surface area contributed by atoms with Crippen LogP contribution in [0.3, 0.4) is 0 Å². The lowest BCUT2D eigenvalue weighted by Crippen LogP contribution is -2.39. The normalized spacial score (nSPS) is 17.2. The Morgan fingerprint density at radius 1 is 1.07 bits per heavy atom. The van der Waals surface area contributed by atoms with Gasteiger partial charge in [-0.3, -0.25) is 0 Å². The van der Waals surface area contributed by atoms with Gasteiger partial charge in [0.05, 0.1) is 23.4 Å². The summed E-state index contributed by atoms with van der Waals surface area (Å²) < 4.78 is 2.45. The van der Waals surface area contributed by atoms with E-state index in [1.807, 2.05) is 0 Å². The highest BCUT2D eigenvalue weighted by Gasteiger charge is 2.27. The van der Waals surface area contributed by atoms with Crippen molar-refractivity contribution in [1.82, 2.24) is 34.4 Å². The van der Waals surface area contributed by atoms with Crippen LogP contribution < -0.4 is 5.32 Å². The fourth-order valence-electron chi connectivity index (χ4n) is 4.55. The summed E-state index contributed by atoms with van der Waals surface area (Å²) in [5, 5.41) is 3.53. The number of anilines is 1. The van der Waals surface area contributed by atoms with E-state index in [0.29, 0.717) is 12.1 Å². The Kier molecular flexibility index (Phi) is 4.86. The monoisotopic (exact) mass is 404 g/mol. The SMILES string of the molecule is CC(C)N1CCC(n2c([C@H](C)Nc3ncnc4[nH]cnc34)nc3ccccc32)CC1. The number of benzene rings is 1. The van der Waals surface area contributed by atoms with Gasteiger partial charge in [0.2, 0.25) is 0 Å². The van der Waals surface area contributed by atoms with Crippen LogP contribution in [0.1, 0.15) is 51.5 Å². The van der Waals surface area contributed by atoms with Crippen LogP contribution in [0.2, 0.25) is 0 Å². The third-order valence-corrected chi connectivity index (χ3v) is 6.18. The van der Waals surface area contributed by atoms with Crippen molar-refractivity contribution in [3.8, 4) is 0 Å². The Labute approximate surface area is 175 Å². The van der Waals surface area contributed by atoms with Crippen LogP contribution in [-0.4, -0.2) is 53.5 Å². The number of H-pyrrole nitrogens is 1. The highest BCUT2D eigenvalue weighted by atomic mass is 15.2. The lowest BCUT2D eigenvalue weighted by atomic mass is 10.0. The fraction of sp³-hybridized carbons (Fsp3) is 0.455. The van der Waals surface area contributed by atoms with Gasteiger partial charge in [-0.15, -0.1) is 0 Å². The molecule has 1 aliphatic rings. The van der Waals surface area contributed by atoms with Crippen molar-refractivity contribution in [2.45, 2.75) is 51.7 Å². The van der Waals surface area contributed by atoms with Gasteiger partial charge in [0, 0.05) is 25.2 Å². The largest absolute Gasteiger partial charge is 0.358 e. The molecule has 0 bridgehead atoms. The van der Waals surface area contributed by atoms with Crippen LogP contribution in [0.15, 0.2) is 36.9 Å². The van der Waals surface area contributed by atoms with Gasteiger partial charge in [0.15, 0.2) is 11.5 Å². The number of hydrogen-bond donors (Lipinski definition) is 2. The molecule has 30 heavy (non-hydrogen) atoms. The summed E-state index contributed by atoms with van der Waals surface area (Å²) in [6.07, 6.45) is 5.47. The van der Waals surface area contributed by atoms with Crippen LogP contribution in [0, 0.1) is 0 Å². The van der Waals surface area contributed by atoms with E-state index in [-0.39, 0.29) is 6.04 Å². The first kappa shape index (κ1) is 19.0. The molecule has 8 nitrogen and oxygen atoms in total. The summed E-state index contributed by atoms with van der Waals surface area (Å²) in [7, 11) is 0. The summed E-state index contributed by atoms with van der Waals surface area (Å²) in [6, 6.07) is 9.47. The lowest BCUT2D eigenvalue weighted by Gasteiger charge is -2.36. The molecule has 8 heteroatoms. The Balaban J connectivity index is 1.49. The molecule has 0 amide bonds. The maximum absolute atomic E-state index is 5.02. The second-order valence-electron chi connectivity index (χ2n) is 8.38. The Bertz CT molecular complexity index is 1150. The van der Waals surface area contributed by atoms with Gasteiger partial charge in [-0.25, -0.2) is 19.9 Å². The number of aromatic nitrogens is 6. The number of rotatable bonds is 5. The molecule has 1 fully saturated rings. The summed E-state index contributed by atoms with van der Waals surface area (Å²) in [5.74, 6) is 1.77. The standard InChI is InChI=1S/C22H28N8/c1-14(2)29-10-8-16(9-11-29)30-18-7-5-4-6-17(18)28-22(30)15(3)27-21-19-20(24-12-23-19)25-13-26-21/h4-7,12-16H,8-11H2,1-3H3,(H2,23,24,25,26,27)/t15-/m0/s1. The van der Waals surface area contributed by atoms with Crippen molar-refractivity contribution in [3.63, 3.8) is 0 Å². The molecule has 0 radical (unpaired) electrons. The number of para-hydroxylation sites is 2. The molecule has 0 aliphatic carbocycles. The second kappa shape index (κ2) is 7.68. The van der Waals surface area contributed by atoms with E-state index in [2.05, 4.69) is 79.8 Å². The quantitative estimate of drug-likeness (QED) is 0.524. The van der Waals surface area contributed by atoms with E-state index in [4.69, 9.17) is 4.98 Å². The van der Waals surface area contributed by atoms with Crippen LogP contribution in [-0.2, 0) is 0 Å². The molecule has 5 rings (SSSR count). The van der Waals surface area contributed by atoms with Gasteiger partial charge in [-0.05, 0) is 45.7 Å². The van der Waals surface area contributed by atoms with E-state index in [1.165, 1.54) is 5.52 Å². The summed E-state index contributed by atoms with van der Waals surface area (Å²) in [5.41, 5.74) is 3.73. The van der Waals surface area contributed by atoms with Gasteiger partial charge < -0.3 is 19.8 Å². The number of likely N-dealkylation sites (tertiary alicyclic amines) is 1. The van der Waals surface area contributed by atoms with Gasteiger partial charge in [0.25, 0.3) is 0 Å². The molecular formula is C22H28N8. The molecule has 0 spiro atoms.